The van der Waals surface area contributed by atoms with Crippen LogP contribution in [0.25, 0.3) is 0 Å². The maximum absolute atomic E-state index is 12.2. The maximum Gasteiger partial charge on any atom is 0.147 e. The summed E-state index contributed by atoms with van der Waals surface area (Å²) >= 11 is 0. The molecular formula is C6H6FNO. The Balaban J connectivity index is 2.65. The summed E-state index contributed by atoms with van der Waals surface area (Å²) in [6, 6.07) is 0. The summed E-state index contributed by atoms with van der Waals surface area (Å²) in [7, 11) is 0. The largest absolute Gasteiger partial charge is 0.298 e. The normalized spacial score (nSPS) is 17.4. The van der Waals surface area contributed by atoms with Crippen molar-refractivity contribution in [2.45, 2.75) is 0 Å². The lowest BCUT2D eigenvalue weighted by Crippen LogP contribution is -2.12. The minimum absolute atomic E-state index is 0.0694. The SMILES string of the molecule is O=CC1=CC=CN(F)C1. The highest BCUT2D eigenvalue weighted by molar-refractivity contribution is 5.74. The van der Waals surface area contributed by atoms with Crippen molar-refractivity contribution in [2.24, 2.45) is 0 Å². The van der Waals surface area contributed by atoms with Crippen LogP contribution < -0.4 is 0 Å². The van der Waals surface area contributed by atoms with Crippen LogP contribution in [0.4, 0.5) is 4.48 Å². The fourth-order valence-electron chi connectivity index (χ4n) is 0.616. The first-order chi connectivity index (χ1) is 4.33. The van der Waals surface area contributed by atoms with E-state index in [9.17, 15) is 9.28 Å². The second-order valence-corrected chi connectivity index (χ2v) is 1.76. The third-order valence-corrected chi connectivity index (χ3v) is 1.04. The zero-order valence-electron chi connectivity index (χ0n) is 4.75. The molecule has 1 aliphatic heterocycles. The maximum atomic E-state index is 12.2. The fraction of sp³-hybridized carbons (Fsp3) is 0.167. The van der Waals surface area contributed by atoms with Gasteiger partial charge < -0.3 is 0 Å². The van der Waals surface area contributed by atoms with Gasteiger partial charge in [-0.15, -0.1) is 4.48 Å². The number of allylic oxidation sites excluding steroid dienone is 2. The number of nitrogens with zero attached hydrogens (tertiary/aromatic N) is 1. The lowest BCUT2D eigenvalue weighted by molar-refractivity contribution is -0.105. The van der Waals surface area contributed by atoms with Gasteiger partial charge in [-0.05, 0) is 6.08 Å². The van der Waals surface area contributed by atoms with Crippen molar-refractivity contribution in [1.82, 2.24) is 5.12 Å². The van der Waals surface area contributed by atoms with E-state index in [1.807, 2.05) is 0 Å². The summed E-state index contributed by atoms with van der Waals surface area (Å²) in [5, 5.41) is 0.462. The van der Waals surface area contributed by atoms with E-state index in [4.69, 9.17) is 0 Å². The van der Waals surface area contributed by atoms with E-state index < -0.39 is 0 Å². The minimum Gasteiger partial charge on any atom is -0.298 e. The Hall–Kier alpha value is -1.12. The molecule has 0 aromatic carbocycles. The van der Waals surface area contributed by atoms with Gasteiger partial charge in [0.05, 0.1) is 6.54 Å². The van der Waals surface area contributed by atoms with Gasteiger partial charge in [-0.3, -0.25) is 4.79 Å². The predicted molar refractivity (Wildman–Crippen MR) is 31.1 cm³/mol. The molecule has 0 saturated carbocycles. The Bertz CT molecular complexity index is 174. The molecule has 0 unspecified atom stereocenters. The van der Waals surface area contributed by atoms with E-state index in [-0.39, 0.29) is 6.54 Å². The van der Waals surface area contributed by atoms with Crippen LogP contribution in [0.15, 0.2) is 23.9 Å². The third-order valence-electron chi connectivity index (χ3n) is 1.04. The standard InChI is InChI=1S/C6H6FNO/c7-8-3-1-2-6(4-8)5-9/h1-3,5H,4H2. The van der Waals surface area contributed by atoms with Crippen molar-refractivity contribution < 1.29 is 9.28 Å². The van der Waals surface area contributed by atoms with Gasteiger partial charge in [0.25, 0.3) is 0 Å². The quantitative estimate of drug-likeness (QED) is 0.384. The first-order valence-corrected chi connectivity index (χ1v) is 2.58. The van der Waals surface area contributed by atoms with Crippen molar-refractivity contribution >= 4 is 6.29 Å². The Morgan fingerprint density at radius 2 is 2.56 bits per heavy atom. The van der Waals surface area contributed by atoms with Gasteiger partial charge >= 0.3 is 0 Å². The third kappa shape index (κ3) is 1.38. The molecular weight excluding hydrogens is 121 g/mol. The smallest absolute Gasteiger partial charge is 0.147 e. The highest BCUT2D eigenvalue weighted by Gasteiger charge is 2.03. The lowest BCUT2D eigenvalue weighted by Gasteiger charge is -2.10. The molecule has 9 heavy (non-hydrogen) atoms. The van der Waals surface area contributed by atoms with E-state index in [0.29, 0.717) is 17.0 Å². The molecule has 0 bridgehead atoms. The van der Waals surface area contributed by atoms with E-state index in [2.05, 4.69) is 0 Å². The molecule has 0 fully saturated rings. The van der Waals surface area contributed by atoms with Gasteiger partial charge in [-0.2, -0.15) is 0 Å². The number of hydrogen-bond donors (Lipinski definition) is 0. The molecule has 0 aromatic heterocycles. The van der Waals surface area contributed by atoms with Crippen LogP contribution in [0.5, 0.6) is 0 Å². The number of aldehydes is 1. The Morgan fingerprint density at radius 1 is 1.78 bits per heavy atom. The predicted octanol–water partition coefficient (Wildman–Crippen LogP) is 0.825. The molecule has 3 heteroatoms. The molecule has 0 saturated heterocycles. The van der Waals surface area contributed by atoms with Gasteiger partial charge in [0.2, 0.25) is 0 Å². The average Bonchev–Trinajstić information content (AvgIpc) is 1.88. The highest BCUT2D eigenvalue weighted by Crippen LogP contribution is 2.03. The molecule has 1 rings (SSSR count). The number of halogens is 1. The van der Waals surface area contributed by atoms with Gasteiger partial charge in [0.15, 0.2) is 0 Å². The van der Waals surface area contributed by atoms with Crippen molar-refractivity contribution in [3.8, 4) is 0 Å². The molecule has 0 atom stereocenters. The first kappa shape index (κ1) is 6.01. The van der Waals surface area contributed by atoms with Crippen molar-refractivity contribution in [3.05, 3.63) is 23.9 Å². The van der Waals surface area contributed by atoms with Crippen LogP contribution in [0, 0.1) is 0 Å². The Morgan fingerprint density at radius 3 is 3.00 bits per heavy atom. The number of carbonyl (C=O) groups excluding carboxylic acids is 1. The van der Waals surface area contributed by atoms with E-state index in [1.165, 1.54) is 12.3 Å². The summed E-state index contributed by atoms with van der Waals surface area (Å²) in [5.41, 5.74) is 0.458. The molecule has 1 heterocycles. The fourth-order valence-corrected chi connectivity index (χ4v) is 0.616. The Labute approximate surface area is 52.2 Å². The summed E-state index contributed by atoms with van der Waals surface area (Å²) in [5.74, 6) is 0. The summed E-state index contributed by atoms with van der Waals surface area (Å²) in [6.45, 7) is 0.0694. The first-order valence-electron chi connectivity index (χ1n) is 2.58. The highest BCUT2D eigenvalue weighted by atomic mass is 19.2. The molecule has 2 nitrogen and oxygen atoms in total. The topological polar surface area (TPSA) is 20.3 Å². The van der Waals surface area contributed by atoms with Gasteiger partial charge in [0.1, 0.15) is 6.29 Å². The lowest BCUT2D eigenvalue weighted by atomic mass is 10.2. The van der Waals surface area contributed by atoms with Crippen LogP contribution in [-0.2, 0) is 4.79 Å². The minimum atomic E-state index is 0.0694. The Kier molecular flexibility index (Phi) is 1.63. The zero-order valence-corrected chi connectivity index (χ0v) is 4.75. The van der Waals surface area contributed by atoms with Gasteiger partial charge in [-0.25, -0.2) is 5.12 Å². The molecule has 0 N–H and O–H groups in total. The van der Waals surface area contributed by atoms with Gasteiger partial charge in [0, 0.05) is 11.8 Å². The zero-order chi connectivity index (χ0) is 6.69. The summed E-state index contributed by atoms with van der Waals surface area (Å²) < 4.78 is 12.2. The second kappa shape index (κ2) is 2.44. The molecule has 0 radical (unpaired) electrons. The molecule has 48 valence electrons. The average molecular weight is 127 g/mol. The van der Waals surface area contributed by atoms with Crippen LogP contribution >= 0.6 is 0 Å². The monoisotopic (exact) mass is 127 g/mol. The second-order valence-electron chi connectivity index (χ2n) is 1.76. The van der Waals surface area contributed by atoms with Crippen molar-refractivity contribution in [2.75, 3.05) is 6.54 Å². The number of carbonyl (C=O) groups is 1. The van der Waals surface area contributed by atoms with Crippen molar-refractivity contribution in [1.29, 1.82) is 0 Å². The van der Waals surface area contributed by atoms with E-state index in [1.54, 1.807) is 6.08 Å². The molecule has 1 aliphatic rings. The van der Waals surface area contributed by atoms with Crippen LogP contribution in [0.1, 0.15) is 0 Å². The molecule has 0 amide bonds. The molecule has 0 aromatic rings. The molecule has 0 aliphatic carbocycles. The van der Waals surface area contributed by atoms with E-state index in [0.717, 1.165) is 0 Å². The summed E-state index contributed by atoms with van der Waals surface area (Å²) in [4.78, 5) is 10.0. The number of rotatable bonds is 1. The van der Waals surface area contributed by atoms with Gasteiger partial charge in [-0.1, -0.05) is 6.08 Å². The van der Waals surface area contributed by atoms with E-state index >= 15 is 0 Å². The molecule has 0 spiro atoms. The van der Waals surface area contributed by atoms with Crippen LogP contribution in [0.3, 0.4) is 0 Å². The summed E-state index contributed by atoms with van der Waals surface area (Å²) in [6.07, 6.45) is 5.00. The van der Waals surface area contributed by atoms with Crippen LogP contribution in [-0.4, -0.2) is 18.0 Å². The van der Waals surface area contributed by atoms with Crippen LogP contribution in [0.2, 0.25) is 0 Å². The van der Waals surface area contributed by atoms with Crippen molar-refractivity contribution in [3.63, 3.8) is 0 Å². The number of hydrogen-bond acceptors (Lipinski definition) is 2.